The third kappa shape index (κ3) is 2.96. The van der Waals surface area contributed by atoms with E-state index in [4.69, 9.17) is 0 Å². The first kappa shape index (κ1) is 15.6. The smallest absolute Gasteiger partial charge is 0.235 e. The molecule has 1 saturated carbocycles. The van der Waals surface area contributed by atoms with E-state index in [1.54, 1.807) is 12.1 Å². The Hall–Kier alpha value is -2.30. The molecule has 0 bridgehead atoms. The number of carbonyl (C=O) groups excluding carboxylic acids is 1. The van der Waals surface area contributed by atoms with Crippen LogP contribution in [0.2, 0.25) is 0 Å². The first-order chi connectivity index (χ1) is 11.0. The predicted octanol–water partition coefficient (Wildman–Crippen LogP) is 4.55. The molecule has 0 saturated heterocycles. The number of rotatable bonds is 3. The molecular weight excluding hydrogens is 303 g/mol. The largest absolute Gasteiger partial charge is 0.323 e. The van der Waals surface area contributed by atoms with Crippen molar-refractivity contribution in [1.29, 1.82) is 0 Å². The summed E-state index contributed by atoms with van der Waals surface area (Å²) in [4.78, 5) is 12.8. The molecule has 1 aliphatic rings. The molecule has 1 N–H and O–H groups in total. The highest BCUT2D eigenvalue weighted by atomic mass is 19.1. The summed E-state index contributed by atoms with van der Waals surface area (Å²) in [7, 11) is 0. The molecule has 0 spiro atoms. The van der Waals surface area contributed by atoms with E-state index in [1.807, 2.05) is 0 Å². The average molecular weight is 319 g/mol. The van der Waals surface area contributed by atoms with Gasteiger partial charge in [-0.1, -0.05) is 25.0 Å². The summed E-state index contributed by atoms with van der Waals surface area (Å²) in [5.41, 5.74) is -0.129. The Morgan fingerprint density at radius 3 is 2.13 bits per heavy atom. The highest BCUT2D eigenvalue weighted by molar-refractivity contribution is 5.99. The van der Waals surface area contributed by atoms with Crippen LogP contribution in [0.3, 0.4) is 0 Å². The Labute approximate surface area is 132 Å². The molecule has 0 heterocycles. The van der Waals surface area contributed by atoms with E-state index in [0.717, 1.165) is 30.5 Å². The van der Waals surface area contributed by atoms with E-state index >= 15 is 0 Å². The maximum absolute atomic E-state index is 13.8. The summed E-state index contributed by atoms with van der Waals surface area (Å²) in [5.74, 6) is -2.22. The Bertz CT molecular complexity index is 722. The van der Waals surface area contributed by atoms with Crippen molar-refractivity contribution in [2.45, 2.75) is 31.1 Å². The Morgan fingerprint density at radius 1 is 0.913 bits per heavy atom. The van der Waals surface area contributed by atoms with Crippen LogP contribution < -0.4 is 5.32 Å². The van der Waals surface area contributed by atoms with E-state index in [1.165, 1.54) is 18.2 Å². The van der Waals surface area contributed by atoms with Crippen LogP contribution in [-0.4, -0.2) is 5.91 Å². The molecule has 1 amide bonds. The fourth-order valence-corrected chi connectivity index (χ4v) is 3.23. The molecule has 5 heteroatoms. The standard InChI is InChI=1S/C18H16F3NO/c19-13-5-3-12(4-6-13)18(9-1-2-10-18)17(23)22-16-8-7-14(20)11-15(16)21/h3-8,11H,1-2,9-10H2,(H,22,23). The van der Waals surface area contributed by atoms with Gasteiger partial charge in [-0.25, -0.2) is 13.2 Å². The van der Waals surface area contributed by atoms with Gasteiger partial charge in [-0.15, -0.1) is 0 Å². The summed E-state index contributed by atoms with van der Waals surface area (Å²) in [5, 5.41) is 2.56. The Kier molecular flexibility index (Phi) is 4.11. The maximum atomic E-state index is 13.8. The van der Waals surface area contributed by atoms with Crippen LogP contribution in [0.4, 0.5) is 18.9 Å². The zero-order chi connectivity index (χ0) is 16.4. The van der Waals surface area contributed by atoms with Crippen molar-refractivity contribution in [3.63, 3.8) is 0 Å². The molecule has 1 aliphatic carbocycles. The number of carbonyl (C=O) groups is 1. The van der Waals surface area contributed by atoms with Gasteiger partial charge in [0.1, 0.15) is 17.5 Å². The minimum Gasteiger partial charge on any atom is -0.323 e. The fraction of sp³-hybridized carbons (Fsp3) is 0.278. The Balaban J connectivity index is 1.91. The molecule has 1 fully saturated rings. The number of anilines is 1. The van der Waals surface area contributed by atoms with E-state index in [-0.39, 0.29) is 17.4 Å². The molecule has 23 heavy (non-hydrogen) atoms. The lowest BCUT2D eigenvalue weighted by Crippen LogP contribution is -2.38. The quantitative estimate of drug-likeness (QED) is 0.883. The molecular formula is C18H16F3NO. The number of benzene rings is 2. The van der Waals surface area contributed by atoms with Gasteiger partial charge in [-0.3, -0.25) is 4.79 Å². The van der Waals surface area contributed by atoms with Gasteiger partial charge in [-0.05, 0) is 42.7 Å². The van der Waals surface area contributed by atoms with Crippen LogP contribution in [0.25, 0.3) is 0 Å². The SMILES string of the molecule is O=C(Nc1ccc(F)cc1F)C1(c2ccc(F)cc2)CCCC1. The topological polar surface area (TPSA) is 29.1 Å². The van der Waals surface area contributed by atoms with Crippen molar-refractivity contribution in [3.8, 4) is 0 Å². The van der Waals surface area contributed by atoms with Gasteiger partial charge < -0.3 is 5.32 Å². The minimum atomic E-state index is -0.814. The van der Waals surface area contributed by atoms with E-state index in [0.29, 0.717) is 12.8 Å². The molecule has 2 nitrogen and oxygen atoms in total. The number of halogens is 3. The summed E-state index contributed by atoms with van der Waals surface area (Å²) in [6.07, 6.45) is 2.98. The minimum absolute atomic E-state index is 0.0511. The summed E-state index contributed by atoms with van der Waals surface area (Å²) in [6, 6.07) is 8.87. The number of nitrogens with one attached hydrogen (secondary N) is 1. The van der Waals surface area contributed by atoms with Crippen molar-refractivity contribution in [3.05, 3.63) is 65.5 Å². The molecule has 2 aromatic carbocycles. The van der Waals surface area contributed by atoms with Crippen molar-refractivity contribution in [1.82, 2.24) is 0 Å². The first-order valence-corrected chi connectivity index (χ1v) is 7.54. The highest BCUT2D eigenvalue weighted by Gasteiger charge is 2.42. The van der Waals surface area contributed by atoms with Crippen LogP contribution >= 0.6 is 0 Å². The van der Waals surface area contributed by atoms with Crippen LogP contribution in [0, 0.1) is 17.5 Å². The van der Waals surface area contributed by atoms with Crippen LogP contribution in [-0.2, 0) is 10.2 Å². The summed E-state index contributed by atoms with van der Waals surface area (Å²) in [6.45, 7) is 0. The van der Waals surface area contributed by atoms with Crippen molar-refractivity contribution >= 4 is 11.6 Å². The predicted molar refractivity (Wildman–Crippen MR) is 81.5 cm³/mol. The second-order valence-corrected chi connectivity index (χ2v) is 5.87. The van der Waals surface area contributed by atoms with E-state index < -0.39 is 17.0 Å². The normalized spacial score (nSPS) is 16.3. The highest BCUT2D eigenvalue weighted by Crippen LogP contribution is 2.42. The third-order valence-electron chi connectivity index (χ3n) is 4.47. The van der Waals surface area contributed by atoms with Crippen LogP contribution in [0.15, 0.2) is 42.5 Å². The zero-order valence-corrected chi connectivity index (χ0v) is 12.4. The van der Waals surface area contributed by atoms with Gasteiger partial charge in [0.2, 0.25) is 5.91 Å². The van der Waals surface area contributed by atoms with Crippen molar-refractivity contribution in [2.75, 3.05) is 5.32 Å². The average Bonchev–Trinajstić information content (AvgIpc) is 3.01. The van der Waals surface area contributed by atoms with Gasteiger partial charge in [-0.2, -0.15) is 0 Å². The molecule has 3 rings (SSSR count). The molecule has 0 unspecified atom stereocenters. The fourth-order valence-electron chi connectivity index (χ4n) is 3.23. The van der Waals surface area contributed by atoms with Crippen LogP contribution in [0.5, 0.6) is 0 Å². The van der Waals surface area contributed by atoms with Gasteiger partial charge in [0.15, 0.2) is 0 Å². The third-order valence-corrected chi connectivity index (χ3v) is 4.47. The van der Waals surface area contributed by atoms with Gasteiger partial charge >= 0.3 is 0 Å². The zero-order valence-electron chi connectivity index (χ0n) is 12.4. The lowest BCUT2D eigenvalue weighted by Gasteiger charge is -2.28. The molecule has 120 valence electrons. The molecule has 0 aliphatic heterocycles. The lowest BCUT2D eigenvalue weighted by atomic mass is 9.78. The lowest BCUT2D eigenvalue weighted by molar-refractivity contribution is -0.121. The summed E-state index contributed by atoms with van der Waals surface area (Å²) >= 11 is 0. The number of amides is 1. The first-order valence-electron chi connectivity index (χ1n) is 7.54. The van der Waals surface area contributed by atoms with E-state index in [9.17, 15) is 18.0 Å². The summed E-state index contributed by atoms with van der Waals surface area (Å²) < 4.78 is 39.9. The molecule has 0 radical (unpaired) electrons. The molecule has 2 aromatic rings. The number of hydrogen-bond donors (Lipinski definition) is 1. The van der Waals surface area contributed by atoms with Gasteiger partial charge in [0.25, 0.3) is 0 Å². The second kappa shape index (κ2) is 6.07. The molecule has 0 aromatic heterocycles. The van der Waals surface area contributed by atoms with Crippen molar-refractivity contribution in [2.24, 2.45) is 0 Å². The van der Waals surface area contributed by atoms with Crippen LogP contribution in [0.1, 0.15) is 31.2 Å². The van der Waals surface area contributed by atoms with E-state index in [2.05, 4.69) is 5.32 Å². The van der Waals surface area contributed by atoms with Gasteiger partial charge in [0, 0.05) is 6.07 Å². The van der Waals surface area contributed by atoms with Crippen molar-refractivity contribution < 1.29 is 18.0 Å². The number of hydrogen-bond acceptors (Lipinski definition) is 1. The molecule has 0 atom stereocenters. The maximum Gasteiger partial charge on any atom is 0.235 e. The second-order valence-electron chi connectivity index (χ2n) is 5.87. The van der Waals surface area contributed by atoms with Gasteiger partial charge in [0.05, 0.1) is 11.1 Å². The Morgan fingerprint density at radius 2 is 1.52 bits per heavy atom. The monoisotopic (exact) mass is 319 g/mol.